The molecular formula is C8H18O3PtSi4. The Kier molecular flexibility index (Phi) is 12.4. The smallest absolute Gasteiger partial charge is 0.328 e. The van der Waals surface area contributed by atoms with Gasteiger partial charge in [-0.15, -0.1) is 26.3 Å². The van der Waals surface area contributed by atoms with Gasteiger partial charge in [0.1, 0.15) is 10.5 Å². The normalized spacial score (nSPS) is 13.0. The second kappa shape index (κ2) is 10.5. The molecular weight excluding hydrogens is 452 g/mol. The predicted molar refractivity (Wildman–Crippen MR) is 75.4 cm³/mol. The van der Waals surface area contributed by atoms with Crippen LogP contribution in [-0.2, 0) is 33.4 Å². The van der Waals surface area contributed by atoms with Crippen molar-refractivity contribution in [3.05, 3.63) is 49.1 Å². The molecule has 0 N–H and O–H groups in total. The maximum absolute atomic E-state index is 5.89. The van der Waals surface area contributed by atoms with Crippen molar-refractivity contribution < 1.29 is 33.4 Å². The van der Waals surface area contributed by atoms with Gasteiger partial charge in [0, 0.05) is 21.1 Å². The van der Waals surface area contributed by atoms with Crippen LogP contribution in [0.4, 0.5) is 0 Å². The monoisotopic (exact) mass is 469 g/mol. The predicted octanol–water partition coefficient (Wildman–Crippen LogP) is -0.620. The summed E-state index contributed by atoms with van der Waals surface area (Å²) in [6, 6.07) is 0. The van der Waals surface area contributed by atoms with Gasteiger partial charge in [0.2, 0.25) is 0 Å². The first-order chi connectivity index (χ1) is 7.17. The molecule has 0 spiro atoms. The van der Waals surface area contributed by atoms with Crippen LogP contribution in [0.15, 0.2) is 49.1 Å². The minimum atomic E-state index is -2.22. The second-order valence-electron chi connectivity index (χ2n) is 2.76. The maximum Gasteiger partial charge on any atom is 0.328 e. The minimum Gasteiger partial charge on any atom is -0.449 e. The Morgan fingerprint density at radius 3 is 1.94 bits per heavy atom. The molecule has 0 fully saturated rings. The third kappa shape index (κ3) is 6.21. The van der Waals surface area contributed by atoms with Crippen LogP contribution in [0.1, 0.15) is 0 Å². The molecule has 3 nitrogen and oxygen atoms in total. The van der Waals surface area contributed by atoms with E-state index in [1.54, 1.807) is 22.8 Å². The zero-order chi connectivity index (χ0) is 11.7. The number of hydrogen-bond donors (Lipinski definition) is 0. The summed E-state index contributed by atoms with van der Waals surface area (Å²) >= 11 is 0. The van der Waals surface area contributed by atoms with Crippen molar-refractivity contribution in [2.45, 2.75) is 0 Å². The zero-order valence-corrected chi connectivity index (χ0v) is 17.3. The summed E-state index contributed by atoms with van der Waals surface area (Å²) < 4.78 is 16.5. The van der Waals surface area contributed by atoms with Gasteiger partial charge in [0.15, 0.2) is 0 Å². The van der Waals surface area contributed by atoms with Gasteiger partial charge in [0.25, 0.3) is 18.3 Å². The van der Waals surface area contributed by atoms with Crippen LogP contribution in [0, 0.1) is 0 Å². The van der Waals surface area contributed by atoms with Crippen molar-refractivity contribution in [3.63, 3.8) is 0 Å². The molecule has 0 saturated carbocycles. The summed E-state index contributed by atoms with van der Waals surface area (Å²) in [4.78, 5) is 0. The molecule has 1 atom stereocenters. The van der Waals surface area contributed by atoms with Crippen molar-refractivity contribution in [2.24, 2.45) is 0 Å². The molecule has 0 heterocycles. The summed E-state index contributed by atoms with van der Waals surface area (Å²) in [6.45, 7) is 15.0. The van der Waals surface area contributed by atoms with Crippen LogP contribution >= 0.6 is 0 Å². The van der Waals surface area contributed by atoms with E-state index in [-0.39, 0.29) is 21.1 Å². The van der Waals surface area contributed by atoms with Gasteiger partial charge in [-0.1, -0.05) is 22.8 Å². The quantitative estimate of drug-likeness (QED) is 0.422. The Balaban J connectivity index is 0. The number of hydrogen-bond acceptors (Lipinski definition) is 3. The molecule has 8 heteroatoms. The van der Waals surface area contributed by atoms with E-state index >= 15 is 0 Å². The molecule has 0 radical (unpaired) electrons. The van der Waals surface area contributed by atoms with Crippen molar-refractivity contribution in [1.29, 1.82) is 0 Å². The average molecular weight is 470 g/mol. The summed E-state index contributed by atoms with van der Waals surface area (Å²) in [5, 5.41) is 0. The summed E-state index contributed by atoms with van der Waals surface area (Å²) in [5.74, 6) is 0. The van der Waals surface area contributed by atoms with Gasteiger partial charge < -0.3 is 12.3 Å². The molecule has 0 aromatic rings. The van der Waals surface area contributed by atoms with E-state index in [4.69, 9.17) is 12.3 Å². The minimum absolute atomic E-state index is 0. The molecule has 94 valence electrons. The van der Waals surface area contributed by atoms with Gasteiger partial charge in [-0.2, -0.15) is 0 Å². The van der Waals surface area contributed by atoms with Crippen LogP contribution in [-0.4, -0.2) is 38.1 Å². The van der Waals surface area contributed by atoms with Crippen LogP contribution in [0.5, 0.6) is 0 Å². The van der Waals surface area contributed by atoms with Crippen LogP contribution in [0.3, 0.4) is 0 Å². The second-order valence-corrected chi connectivity index (χ2v) is 11.7. The third-order valence-corrected chi connectivity index (χ3v) is 9.48. The van der Waals surface area contributed by atoms with Crippen LogP contribution in [0.25, 0.3) is 0 Å². The molecule has 0 aromatic carbocycles. The van der Waals surface area contributed by atoms with Crippen molar-refractivity contribution in [2.75, 3.05) is 0 Å². The Bertz CT molecular complexity index is 228. The van der Waals surface area contributed by atoms with Gasteiger partial charge >= 0.3 is 9.28 Å². The maximum atomic E-state index is 5.89. The van der Waals surface area contributed by atoms with E-state index in [0.717, 1.165) is 0 Å². The van der Waals surface area contributed by atoms with E-state index in [1.165, 1.54) is 0 Å². The topological polar surface area (TPSA) is 27.7 Å². The largest absolute Gasteiger partial charge is 0.449 e. The van der Waals surface area contributed by atoms with E-state index in [9.17, 15) is 0 Å². The van der Waals surface area contributed by atoms with E-state index in [0.29, 0.717) is 10.5 Å². The molecule has 0 aromatic heterocycles. The average Bonchev–Trinajstić information content (AvgIpc) is 2.30. The Morgan fingerprint density at radius 1 is 1.12 bits per heavy atom. The fourth-order valence-electron chi connectivity index (χ4n) is 0.881. The number of rotatable bonds is 9. The zero-order valence-electron chi connectivity index (χ0n) is 9.46. The van der Waals surface area contributed by atoms with E-state index in [2.05, 4.69) is 26.3 Å². The van der Waals surface area contributed by atoms with Crippen molar-refractivity contribution in [3.8, 4) is 0 Å². The first-order valence-corrected chi connectivity index (χ1v) is 10.2. The SMILES string of the molecule is C=C[SiH](O[SiH2]O[SiH3])O[Si](C=C)(C=C)C=C.[Pt]. The van der Waals surface area contributed by atoms with Crippen LogP contribution < -0.4 is 0 Å². The van der Waals surface area contributed by atoms with Crippen molar-refractivity contribution >= 4 is 38.1 Å². The van der Waals surface area contributed by atoms with Crippen molar-refractivity contribution in [1.82, 2.24) is 0 Å². The van der Waals surface area contributed by atoms with E-state index in [1.807, 2.05) is 0 Å². The summed E-state index contributed by atoms with van der Waals surface area (Å²) in [5.41, 5.74) is 7.08. The molecule has 0 aliphatic rings. The summed E-state index contributed by atoms with van der Waals surface area (Å²) in [7, 11) is -4.22. The first-order valence-electron chi connectivity index (χ1n) is 4.49. The molecule has 0 saturated heterocycles. The fourth-order valence-corrected chi connectivity index (χ4v) is 8.26. The first kappa shape index (κ1) is 18.8. The Labute approximate surface area is 120 Å². The molecule has 0 aliphatic heterocycles. The van der Waals surface area contributed by atoms with Crippen LogP contribution in [0.2, 0.25) is 0 Å². The van der Waals surface area contributed by atoms with Gasteiger partial charge in [-0.25, -0.2) is 0 Å². The molecule has 16 heavy (non-hydrogen) atoms. The molecule has 0 aliphatic carbocycles. The fraction of sp³-hybridized carbons (Fsp3) is 0. The Hall–Kier alpha value is 0.396. The van der Waals surface area contributed by atoms with Gasteiger partial charge in [-0.05, 0) is 0 Å². The summed E-state index contributed by atoms with van der Waals surface area (Å²) in [6.07, 6.45) is 0. The molecule has 0 rings (SSSR count). The van der Waals surface area contributed by atoms with E-state index < -0.39 is 27.6 Å². The standard InChI is InChI=1S/C8H18O3Si4.Pt/c1-5-14(10-13-9-12)11-15(6-2,7-3)8-4;/h5-8,14H,1-4,13H2,12H3;. The van der Waals surface area contributed by atoms with Gasteiger partial charge in [-0.3, -0.25) is 0 Å². The third-order valence-electron chi connectivity index (χ3n) is 1.82. The molecule has 0 bridgehead atoms. The molecule has 0 amide bonds. The Morgan fingerprint density at radius 2 is 1.62 bits per heavy atom. The van der Waals surface area contributed by atoms with Gasteiger partial charge in [0.05, 0.1) is 0 Å². The molecule has 1 unspecified atom stereocenters.